The number of aromatic nitrogens is 2. The van der Waals surface area contributed by atoms with Gasteiger partial charge in [-0.2, -0.15) is 4.98 Å². The molecule has 0 N–H and O–H groups in total. The van der Waals surface area contributed by atoms with Crippen LogP contribution < -0.4 is 4.74 Å². The highest BCUT2D eigenvalue weighted by Gasteiger charge is 2.15. The highest BCUT2D eigenvalue weighted by atomic mass is 35.5. The SMILES string of the molecule is CCOCc1nc(Cl)cc(OCC2CCOCC2)n1. The van der Waals surface area contributed by atoms with Crippen molar-refractivity contribution < 1.29 is 14.2 Å². The third kappa shape index (κ3) is 4.93. The van der Waals surface area contributed by atoms with Crippen LogP contribution in [0.15, 0.2) is 6.07 Å². The Labute approximate surface area is 118 Å². The fourth-order valence-electron chi connectivity index (χ4n) is 1.89. The second kappa shape index (κ2) is 7.62. The first kappa shape index (κ1) is 14.5. The van der Waals surface area contributed by atoms with Crippen LogP contribution in [-0.4, -0.2) is 36.4 Å². The molecule has 0 atom stereocenters. The third-order valence-electron chi connectivity index (χ3n) is 2.96. The number of rotatable bonds is 6. The Hall–Kier alpha value is -0.910. The second-order valence-electron chi connectivity index (χ2n) is 4.45. The Morgan fingerprint density at radius 3 is 2.89 bits per heavy atom. The maximum atomic E-state index is 5.94. The lowest BCUT2D eigenvalue weighted by atomic mass is 10.0. The molecule has 1 aliphatic rings. The molecule has 0 aromatic carbocycles. The van der Waals surface area contributed by atoms with E-state index in [0.717, 1.165) is 26.1 Å². The Morgan fingerprint density at radius 2 is 2.16 bits per heavy atom. The van der Waals surface area contributed by atoms with E-state index < -0.39 is 0 Å². The first-order valence-corrected chi connectivity index (χ1v) is 6.97. The van der Waals surface area contributed by atoms with Crippen molar-refractivity contribution in [1.82, 2.24) is 9.97 Å². The van der Waals surface area contributed by atoms with E-state index in [1.165, 1.54) is 0 Å². The Morgan fingerprint density at radius 1 is 1.37 bits per heavy atom. The zero-order valence-electron chi connectivity index (χ0n) is 11.1. The molecule has 6 heteroatoms. The van der Waals surface area contributed by atoms with Gasteiger partial charge in [0, 0.05) is 25.9 Å². The van der Waals surface area contributed by atoms with Crippen LogP contribution in [0.25, 0.3) is 0 Å². The monoisotopic (exact) mass is 286 g/mol. The molecule has 0 radical (unpaired) electrons. The van der Waals surface area contributed by atoms with Gasteiger partial charge in [0.15, 0.2) is 5.82 Å². The predicted octanol–water partition coefficient (Wildman–Crippen LogP) is 2.47. The van der Waals surface area contributed by atoms with Crippen LogP contribution in [0.3, 0.4) is 0 Å². The normalized spacial score (nSPS) is 16.5. The van der Waals surface area contributed by atoms with Crippen molar-refractivity contribution in [3.05, 3.63) is 17.0 Å². The van der Waals surface area contributed by atoms with E-state index >= 15 is 0 Å². The van der Waals surface area contributed by atoms with Gasteiger partial charge in [0.25, 0.3) is 0 Å². The molecule has 2 rings (SSSR count). The molecule has 0 aliphatic carbocycles. The average molecular weight is 287 g/mol. The minimum absolute atomic E-state index is 0.352. The maximum Gasteiger partial charge on any atom is 0.218 e. The van der Waals surface area contributed by atoms with Gasteiger partial charge in [0.1, 0.15) is 11.8 Å². The molecule has 0 bridgehead atoms. The number of hydrogen-bond donors (Lipinski definition) is 0. The molecule has 0 spiro atoms. The molecular weight excluding hydrogens is 268 g/mol. The minimum Gasteiger partial charge on any atom is -0.477 e. The van der Waals surface area contributed by atoms with E-state index in [4.69, 9.17) is 25.8 Å². The van der Waals surface area contributed by atoms with Gasteiger partial charge >= 0.3 is 0 Å². The van der Waals surface area contributed by atoms with Gasteiger partial charge in [-0.25, -0.2) is 4.98 Å². The standard InChI is InChI=1S/C13H19ClN2O3/c1-2-17-9-12-15-11(14)7-13(16-12)19-8-10-3-5-18-6-4-10/h7,10H,2-6,8-9H2,1H3. The van der Waals surface area contributed by atoms with Gasteiger partial charge in [-0.1, -0.05) is 11.6 Å². The summed E-state index contributed by atoms with van der Waals surface area (Å²) < 4.78 is 16.3. The zero-order valence-corrected chi connectivity index (χ0v) is 11.9. The van der Waals surface area contributed by atoms with Crippen molar-refractivity contribution in [2.75, 3.05) is 26.4 Å². The van der Waals surface area contributed by atoms with E-state index in [-0.39, 0.29) is 0 Å². The molecule has 0 unspecified atom stereocenters. The number of ether oxygens (including phenoxy) is 3. The van der Waals surface area contributed by atoms with Crippen molar-refractivity contribution in [3.63, 3.8) is 0 Å². The van der Waals surface area contributed by atoms with Crippen LogP contribution in [0, 0.1) is 5.92 Å². The van der Waals surface area contributed by atoms with Crippen molar-refractivity contribution >= 4 is 11.6 Å². The third-order valence-corrected chi connectivity index (χ3v) is 3.15. The summed E-state index contributed by atoms with van der Waals surface area (Å²) >= 11 is 5.94. The summed E-state index contributed by atoms with van der Waals surface area (Å²) in [7, 11) is 0. The van der Waals surface area contributed by atoms with Gasteiger partial charge in [-0.15, -0.1) is 0 Å². The minimum atomic E-state index is 0.352. The van der Waals surface area contributed by atoms with Crippen LogP contribution in [0.4, 0.5) is 0 Å². The summed E-state index contributed by atoms with van der Waals surface area (Å²) in [4.78, 5) is 8.38. The molecule has 0 amide bonds. The van der Waals surface area contributed by atoms with E-state index in [1.807, 2.05) is 6.92 Å². The topological polar surface area (TPSA) is 53.5 Å². The van der Waals surface area contributed by atoms with Gasteiger partial charge in [-0.05, 0) is 25.7 Å². The van der Waals surface area contributed by atoms with Gasteiger partial charge in [0.05, 0.1) is 6.61 Å². The average Bonchev–Trinajstić information content (AvgIpc) is 2.43. The molecule has 106 valence electrons. The van der Waals surface area contributed by atoms with E-state index in [9.17, 15) is 0 Å². The van der Waals surface area contributed by atoms with Crippen LogP contribution >= 0.6 is 11.6 Å². The quantitative estimate of drug-likeness (QED) is 0.752. The summed E-state index contributed by atoms with van der Waals surface area (Å²) in [6.07, 6.45) is 2.06. The number of nitrogens with zero attached hydrogens (tertiary/aromatic N) is 2. The fraction of sp³-hybridized carbons (Fsp3) is 0.692. The second-order valence-corrected chi connectivity index (χ2v) is 4.84. The van der Waals surface area contributed by atoms with Crippen LogP contribution in [0.2, 0.25) is 5.15 Å². The Balaban J connectivity index is 1.89. The van der Waals surface area contributed by atoms with Gasteiger partial charge < -0.3 is 14.2 Å². The fourth-order valence-corrected chi connectivity index (χ4v) is 2.08. The van der Waals surface area contributed by atoms with Crippen molar-refractivity contribution in [2.24, 2.45) is 5.92 Å². The van der Waals surface area contributed by atoms with Crippen LogP contribution in [0.5, 0.6) is 5.88 Å². The van der Waals surface area contributed by atoms with E-state index in [2.05, 4.69) is 9.97 Å². The number of hydrogen-bond acceptors (Lipinski definition) is 5. The first-order chi connectivity index (χ1) is 9.28. The van der Waals surface area contributed by atoms with E-state index in [1.54, 1.807) is 6.07 Å². The maximum absolute atomic E-state index is 5.94. The summed E-state index contributed by atoms with van der Waals surface area (Å²) in [6.45, 7) is 5.17. The molecule has 2 heterocycles. The van der Waals surface area contributed by atoms with E-state index in [0.29, 0.717) is 42.6 Å². The lowest BCUT2D eigenvalue weighted by Crippen LogP contribution is -2.21. The zero-order chi connectivity index (χ0) is 13.5. The van der Waals surface area contributed by atoms with Crippen molar-refractivity contribution in [1.29, 1.82) is 0 Å². The molecule has 5 nitrogen and oxygen atoms in total. The highest BCUT2D eigenvalue weighted by molar-refractivity contribution is 6.29. The molecule has 19 heavy (non-hydrogen) atoms. The summed E-state index contributed by atoms with van der Waals surface area (Å²) in [5.41, 5.74) is 0. The van der Waals surface area contributed by atoms with Gasteiger partial charge in [0.2, 0.25) is 5.88 Å². The summed E-state index contributed by atoms with van der Waals surface area (Å²) in [6, 6.07) is 1.64. The highest BCUT2D eigenvalue weighted by Crippen LogP contribution is 2.18. The Bertz CT molecular complexity index is 397. The lowest BCUT2D eigenvalue weighted by Gasteiger charge is -2.21. The predicted molar refractivity (Wildman–Crippen MR) is 71.4 cm³/mol. The molecule has 0 saturated carbocycles. The Kier molecular flexibility index (Phi) is 5.82. The molecular formula is C13H19ClN2O3. The molecule has 1 aliphatic heterocycles. The summed E-state index contributed by atoms with van der Waals surface area (Å²) in [5.74, 6) is 1.59. The molecule has 1 fully saturated rings. The first-order valence-electron chi connectivity index (χ1n) is 6.59. The number of halogens is 1. The van der Waals surface area contributed by atoms with Gasteiger partial charge in [-0.3, -0.25) is 0 Å². The van der Waals surface area contributed by atoms with Crippen LogP contribution in [0.1, 0.15) is 25.6 Å². The largest absolute Gasteiger partial charge is 0.477 e. The van der Waals surface area contributed by atoms with Crippen LogP contribution in [-0.2, 0) is 16.1 Å². The van der Waals surface area contributed by atoms with Crippen molar-refractivity contribution in [3.8, 4) is 5.88 Å². The smallest absolute Gasteiger partial charge is 0.218 e. The summed E-state index contributed by atoms with van der Waals surface area (Å²) in [5, 5.41) is 0.381. The lowest BCUT2D eigenvalue weighted by molar-refractivity contribution is 0.0488. The molecule has 1 saturated heterocycles. The molecule has 1 aromatic rings. The molecule has 1 aromatic heterocycles. The van der Waals surface area contributed by atoms with Crippen molar-refractivity contribution in [2.45, 2.75) is 26.4 Å².